The van der Waals surface area contributed by atoms with Crippen LogP contribution < -0.4 is 17.4 Å². The molecule has 0 aliphatic carbocycles. The van der Waals surface area contributed by atoms with Crippen LogP contribution in [0, 0.1) is 16.7 Å². The van der Waals surface area contributed by atoms with Crippen LogP contribution in [0.4, 0.5) is 0 Å². The molecule has 0 saturated carbocycles. The Morgan fingerprint density at radius 2 is 1.47 bits per heavy atom. The van der Waals surface area contributed by atoms with Gasteiger partial charge in [0.2, 0.25) is 0 Å². The van der Waals surface area contributed by atoms with Gasteiger partial charge in [-0.05, 0) is 0 Å². The van der Waals surface area contributed by atoms with Crippen molar-refractivity contribution in [3.63, 3.8) is 0 Å². The van der Waals surface area contributed by atoms with E-state index in [0.29, 0.717) is 12.8 Å². The van der Waals surface area contributed by atoms with Crippen LogP contribution in [0.5, 0.6) is 0 Å². The Bertz CT molecular complexity index is 294. The van der Waals surface area contributed by atoms with Crippen molar-refractivity contribution >= 4 is 11.9 Å². The molecule has 0 aromatic heterocycles. The van der Waals surface area contributed by atoms with Crippen molar-refractivity contribution in [3.8, 4) is 6.07 Å². The molecule has 0 aliphatic rings. The number of hydrazine groups is 1. The average Bonchev–Trinajstić information content (AvgIpc) is 2.38. The smallest absolute Gasteiger partial charge is 0.302 e. The minimum absolute atomic E-state index is 0.131. The van der Waals surface area contributed by atoms with Gasteiger partial charge >= 0.3 is 11.9 Å². The van der Waals surface area contributed by atoms with Gasteiger partial charge in [0, 0.05) is 33.2 Å². The molecule has 110 valence electrons. The number of nitrogens with zero attached hydrogens (tertiary/aromatic N) is 1. The summed E-state index contributed by atoms with van der Waals surface area (Å²) in [5.74, 6) is 7.21. The van der Waals surface area contributed by atoms with Gasteiger partial charge in [-0.1, -0.05) is 0 Å². The number of carbonyl (C=O) groups excluding carboxylic acids is 2. The standard InChI is InChI=1S/C11H18N2O4.H4N2/c1-9(14)16-5-3-11(7-12,8-13)4-6-17-10(2)15;1-2/h3-7,12H2,1-2H3;1-2H2. The average molecular weight is 274 g/mol. The molecule has 8 nitrogen and oxygen atoms in total. The zero-order chi connectivity index (χ0) is 15.3. The van der Waals surface area contributed by atoms with Crippen molar-refractivity contribution in [1.82, 2.24) is 0 Å². The molecule has 8 heteroatoms. The van der Waals surface area contributed by atoms with Gasteiger partial charge in [0.15, 0.2) is 0 Å². The van der Waals surface area contributed by atoms with Crippen molar-refractivity contribution in [3.05, 3.63) is 0 Å². The molecular weight excluding hydrogens is 252 g/mol. The summed E-state index contributed by atoms with van der Waals surface area (Å²) in [6.45, 7) is 3.01. The van der Waals surface area contributed by atoms with Crippen molar-refractivity contribution in [2.45, 2.75) is 26.7 Å². The van der Waals surface area contributed by atoms with Crippen LogP contribution in [-0.4, -0.2) is 31.7 Å². The summed E-state index contributed by atoms with van der Waals surface area (Å²) >= 11 is 0. The summed E-state index contributed by atoms with van der Waals surface area (Å²) in [7, 11) is 0. The molecule has 0 atom stereocenters. The first-order valence-corrected chi connectivity index (χ1v) is 5.67. The molecule has 0 aliphatic heterocycles. The van der Waals surface area contributed by atoms with Gasteiger partial charge in [-0.2, -0.15) is 5.26 Å². The predicted molar refractivity (Wildman–Crippen MR) is 68.0 cm³/mol. The van der Waals surface area contributed by atoms with Gasteiger partial charge in [0.05, 0.1) is 24.7 Å². The lowest BCUT2D eigenvalue weighted by molar-refractivity contribution is -0.141. The van der Waals surface area contributed by atoms with E-state index in [-0.39, 0.29) is 19.8 Å². The molecule has 0 aromatic carbocycles. The fourth-order valence-corrected chi connectivity index (χ4v) is 1.27. The third-order valence-electron chi connectivity index (χ3n) is 2.40. The quantitative estimate of drug-likeness (QED) is 0.309. The Kier molecular flexibility index (Phi) is 11.8. The fraction of sp³-hybridized carbons (Fsp3) is 0.727. The zero-order valence-corrected chi connectivity index (χ0v) is 11.3. The van der Waals surface area contributed by atoms with Gasteiger partial charge in [0.25, 0.3) is 0 Å². The van der Waals surface area contributed by atoms with E-state index in [1.807, 2.05) is 0 Å². The monoisotopic (exact) mass is 274 g/mol. The summed E-state index contributed by atoms with van der Waals surface area (Å²) in [6, 6.07) is 2.11. The Balaban J connectivity index is 0. The summed E-state index contributed by atoms with van der Waals surface area (Å²) in [4.78, 5) is 21.2. The van der Waals surface area contributed by atoms with E-state index in [0.717, 1.165) is 0 Å². The molecule has 0 aromatic rings. The summed E-state index contributed by atoms with van der Waals surface area (Å²) in [5.41, 5.74) is 4.73. The predicted octanol–water partition coefficient (Wildman–Crippen LogP) is -0.820. The second kappa shape index (κ2) is 11.4. The molecule has 19 heavy (non-hydrogen) atoms. The fourth-order valence-electron chi connectivity index (χ4n) is 1.27. The molecule has 0 spiro atoms. The topological polar surface area (TPSA) is 154 Å². The highest BCUT2D eigenvalue weighted by Crippen LogP contribution is 2.24. The van der Waals surface area contributed by atoms with E-state index in [2.05, 4.69) is 17.8 Å². The summed E-state index contributed by atoms with van der Waals surface area (Å²) < 4.78 is 9.55. The highest BCUT2D eigenvalue weighted by molar-refractivity contribution is 5.66. The molecule has 0 fully saturated rings. The van der Waals surface area contributed by atoms with Crippen LogP contribution in [0.2, 0.25) is 0 Å². The summed E-state index contributed by atoms with van der Waals surface area (Å²) in [5, 5.41) is 9.10. The van der Waals surface area contributed by atoms with Crippen molar-refractivity contribution < 1.29 is 19.1 Å². The maximum atomic E-state index is 10.6. The maximum absolute atomic E-state index is 10.6. The first kappa shape index (κ1) is 19.6. The van der Waals surface area contributed by atoms with Crippen LogP contribution in [0.1, 0.15) is 26.7 Å². The second-order valence-electron chi connectivity index (χ2n) is 3.78. The van der Waals surface area contributed by atoms with Gasteiger partial charge in [0.1, 0.15) is 0 Å². The third kappa shape index (κ3) is 9.96. The Morgan fingerprint density at radius 1 is 1.11 bits per heavy atom. The number of ether oxygens (including phenoxy) is 2. The van der Waals surface area contributed by atoms with E-state index in [1.54, 1.807) is 0 Å². The van der Waals surface area contributed by atoms with Crippen LogP contribution in [0.15, 0.2) is 0 Å². The largest absolute Gasteiger partial charge is 0.466 e. The molecule has 0 rings (SSSR count). The van der Waals surface area contributed by atoms with Crippen LogP contribution in [0.3, 0.4) is 0 Å². The zero-order valence-electron chi connectivity index (χ0n) is 11.3. The minimum Gasteiger partial charge on any atom is -0.466 e. The number of carbonyl (C=O) groups is 2. The Labute approximate surface area is 112 Å². The Morgan fingerprint density at radius 3 is 1.68 bits per heavy atom. The van der Waals surface area contributed by atoms with Crippen LogP contribution in [-0.2, 0) is 19.1 Å². The highest BCUT2D eigenvalue weighted by Gasteiger charge is 2.28. The van der Waals surface area contributed by atoms with Gasteiger partial charge in [-0.15, -0.1) is 0 Å². The first-order chi connectivity index (χ1) is 8.95. The molecule has 6 N–H and O–H groups in total. The minimum atomic E-state index is -0.815. The van der Waals surface area contributed by atoms with E-state index < -0.39 is 17.4 Å². The molecule has 0 amide bonds. The number of nitrogens with two attached hydrogens (primary N) is 3. The molecule has 0 heterocycles. The number of esters is 2. The maximum Gasteiger partial charge on any atom is 0.302 e. The third-order valence-corrected chi connectivity index (χ3v) is 2.40. The van der Waals surface area contributed by atoms with E-state index >= 15 is 0 Å². The highest BCUT2D eigenvalue weighted by atomic mass is 16.5. The van der Waals surface area contributed by atoms with Crippen molar-refractivity contribution in [2.24, 2.45) is 22.8 Å². The lowest BCUT2D eigenvalue weighted by atomic mass is 9.83. The molecule has 0 bridgehead atoms. The lowest BCUT2D eigenvalue weighted by Crippen LogP contribution is -2.32. The molecule has 0 unspecified atom stereocenters. The lowest BCUT2D eigenvalue weighted by Gasteiger charge is -2.24. The van der Waals surface area contributed by atoms with Crippen molar-refractivity contribution in [2.75, 3.05) is 19.8 Å². The van der Waals surface area contributed by atoms with Crippen molar-refractivity contribution in [1.29, 1.82) is 5.26 Å². The SMILES string of the molecule is CC(=O)OCCC(C#N)(CN)CCOC(C)=O.NN. The van der Waals surface area contributed by atoms with Crippen LogP contribution in [0.25, 0.3) is 0 Å². The van der Waals surface area contributed by atoms with Gasteiger partial charge in [-0.3, -0.25) is 21.3 Å². The number of hydrogen-bond donors (Lipinski definition) is 3. The second-order valence-corrected chi connectivity index (χ2v) is 3.78. The van der Waals surface area contributed by atoms with Crippen LogP contribution >= 0.6 is 0 Å². The molecular formula is C11H22N4O4. The molecule has 0 saturated heterocycles. The number of nitriles is 1. The van der Waals surface area contributed by atoms with E-state index in [9.17, 15) is 9.59 Å². The van der Waals surface area contributed by atoms with Gasteiger partial charge in [-0.25, -0.2) is 0 Å². The number of rotatable bonds is 7. The van der Waals surface area contributed by atoms with Gasteiger partial charge < -0.3 is 15.2 Å². The van der Waals surface area contributed by atoms with E-state index in [4.69, 9.17) is 20.5 Å². The van der Waals surface area contributed by atoms with E-state index in [1.165, 1.54) is 13.8 Å². The molecule has 0 radical (unpaired) electrons. The normalized spacial score (nSPS) is 9.68. The number of hydrogen-bond acceptors (Lipinski definition) is 8. The summed E-state index contributed by atoms with van der Waals surface area (Å²) in [6.07, 6.45) is 0.668. The Hall–Kier alpha value is -1.69. The first-order valence-electron chi connectivity index (χ1n) is 5.67.